The van der Waals surface area contributed by atoms with Gasteiger partial charge in [-0.2, -0.15) is 4.98 Å². The molecule has 1 atom stereocenters. The van der Waals surface area contributed by atoms with Gasteiger partial charge in [-0.15, -0.1) is 0 Å². The van der Waals surface area contributed by atoms with Gasteiger partial charge in [0, 0.05) is 20.0 Å². The van der Waals surface area contributed by atoms with Crippen LogP contribution in [0.2, 0.25) is 0 Å². The zero-order valence-electron chi connectivity index (χ0n) is 13.3. The lowest BCUT2D eigenvalue weighted by molar-refractivity contribution is -0.124. The van der Waals surface area contributed by atoms with Crippen LogP contribution in [0.4, 0.5) is 5.95 Å². The predicted octanol–water partition coefficient (Wildman–Crippen LogP) is 0.205. The van der Waals surface area contributed by atoms with Gasteiger partial charge in [-0.1, -0.05) is 0 Å². The van der Waals surface area contributed by atoms with Crippen molar-refractivity contribution in [1.29, 1.82) is 0 Å². The molecule has 2 aromatic heterocycles. The molecule has 130 valence electrons. The maximum absolute atomic E-state index is 11.9. The molecule has 24 heavy (non-hydrogen) atoms. The topological polar surface area (TPSA) is 120 Å². The number of hydrogen-bond donors (Lipinski definition) is 2. The molecule has 0 radical (unpaired) electrons. The number of carbonyl (C=O) groups is 1. The van der Waals surface area contributed by atoms with E-state index in [0.29, 0.717) is 18.9 Å². The summed E-state index contributed by atoms with van der Waals surface area (Å²) in [6.45, 7) is 3.03. The Morgan fingerprint density at radius 1 is 1.54 bits per heavy atom. The minimum atomic E-state index is -0.427. The normalized spacial score (nSPS) is 17.5. The highest BCUT2D eigenvalue weighted by Gasteiger charge is 2.15. The average molecular weight is 337 g/mol. The highest BCUT2D eigenvalue weighted by atomic mass is 16.7. The van der Waals surface area contributed by atoms with Crippen LogP contribution in [-0.4, -0.2) is 51.5 Å². The highest BCUT2D eigenvalue weighted by molar-refractivity contribution is 5.87. The van der Waals surface area contributed by atoms with E-state index >= 15 is 0 Å². The molecular weight excluding hydrogens is 318 g/mol. The minimum Gasteiger partial charge on any atom is -0.358 e. The number of H-pyrrole nitrogens is 1. The van der Waals surface area contributed by atoms with Gasteiger partial charge in [-0.3, -0.25) is 24.5 Å². The fraction of sp³-hybridized carbons (Fsp3) is 0.571. The molecule has 3 heterocycles. The van der Waals surface area contributed by atoms with E-state index in [0.717, 1.165) is 19.4 Å². The first-order valence-corrected chi connectivity index (χ1v) is 7.67. The number of hydrogen-bond acceptors (Lipinski definition) is 7. The fourth-order valence-corrected chi connectivity index (χ4v) is 2.36. The lowest BCUT2D eigenvalue weighted by Crippen LogP contribution is -2.17. The molecule has 0 aromatic carbocycles. The molecule has 1 saturated heterocycles. The first kappa shape index (κ1) is 16.6. The van der Waals surface area contributed by atoms with Crippen LogP contribution < -0.4 is 10.9 Å². The van der Waals surface area contributed by atoms with E-state index in [9.17, 15) is 9.59 Å². The number of rotatable bonds is 7. The van der Waals surface area contributed by atoms with Crippen molar-refractivity contribution >= 4 is 23.0 Å². The summed E-state index contributed by atoms with van der Waals surface area (Å²) in [5.41, 5.74) is 0.0927. The van der Waals surface area contributed by atoms with E-state index in [4.69, 9.17) is 14.2 Å². The van der Waals surface area contributed by atoms with Crippen LogP contribution in [0, 0.1) is 0 Å². The van der Waals surface area contributed by atoms with Gasteiger partial charge < -0.3 is 14.2 Å². The quantitative estimate of drug-likeness (QED) is 0.693. The summed E-state index contributed by atoms with van der Waals surface area (Å²) >= 11 is 0. The molecule has 0 saturated carbocycles. The predicted molar refractivity (Wildman–Crippen MR) is 83.3 cm³/mol. The van der Waals surface area contributed by atoms with Crippen molar-refractivity contribution in [2.45, 2.75) is 32.8 Å². The summed E-state index contributed by atoms with van der Waals surface area (Å²) in [6.07, 6.45) is 3.25. The molecule has 2 aromatic rings. The fourth-order valence-electron chi connectivity index (χ4n) is 2.36. The average Bonchev–Trinajstić information content (AvgIpc) is 3.16. The SMILES string of the molecule is CC(=O)Nc1nc2c(ncn2COCCOC2CCCO2)c(=O)[nH]1. The molecule has 2 N–H and O–H groups in total. The molecule has 1 amide bonds. The smallest absolute Gasteiger partial charge is 0.280 e. The van der Waals surface area contributed by atoms with Gasteiger partial charge in [0.05, 0.1) is 19.5 Å². The van der Waals surface area contributed by atoms with E-state index in [-0.39, 0.29) is 30.4 Å². The van der Waals surface area contributed by atoms with Crippen LogP contribution in [-0.2, 0) is 25.7 Å². The Morgan fingerprint density at radius 2 is 2.42 bits per heavy atom. The Balaban J connectivity index is 1.58. The zero-order chi connectivity index (χ0) is 16.9. The third-order valence-electron chi connectivity index (χ3n) is 3.42. The largest absolute Gasteiger partial charge is 0.358 e. The number of carbonyl (C=O) groups excluding carboxylic acids is 1. The first-order valence-electron chi connectivity index (χ1n) is 7.67. The molecule has 10 nitrogen and oxygen atoms in total. The maximum Gasteiger partial charge on any atom is 0.280 e. The number of fused-ring (bicyclic) bond motifs is 1. The second-order valence-electron chi connectivity index (χ2n) is 5.33. The molecule has 1 aliphatic heterocycles. The second kappa shape index (κ2) is 7.51. The summed E-state index contributed by atoms with van der Waals surface area (Å²) in [5.74, 6) is -0.255. The van der Waals surface area contributed by atoms with E-state index in [1.54, 1.807) is 4.57 Å². The Bertz CT molecular complexity index is 764. The van der Waals surface area contributed by atoms with E-state index in [1.807, 2.05) is 0 Å². The zero-order valence-corrected chi connectivity index (χ0v) is 13.3. The van der Waals surface area contributed by atoms with Crippen molar-refractivity contribution in [2.24, 2.45) is 0 Å². The Hall–Kier alpha value is -2.30. The van der Waals surface area contributed by atoms with Gasteiger partial charge in [0.1, 0.15) is 6.73 Å². The van der Waals surface area contributed by atoms with Gasteiger partial charge in [0.15, 0.2) is 17.5 Å². The van der Waals surface area contributed by atoms with Crippen molar-refractivity contribution in [3.8, 4) is 0 Å². The molecule has 0 spiro atoms. The number of anilines is 1. The molecule has 3 rings (SSSR count). The maximum atomic E-state index is 11.9. The van der Waals surface area contributed by atoms with Crippen molar-refractivity contribution < 1.29 is 19.0 Å². The second-order valence-corrected chi connectivity index (χ2v) is 5.33. The summed E-state index contributed by atoms with van der Waals surface area (Å²) in [7, 11) is 0. The van der Waals surface area contributed by atoms with Crippen molar-refractivity contribution in [2.75, 3.05) is 25.1 Å². The Morgan fingerprint density at radius 3 is 3.17 bits per heavy atom. The monoisotopic (exact) mass is 337 g/mol. The van der Waals surface area contributed by atoms with Crippen LogP contribution in [0.3, 0.4) is 0 Å². The number of aromatic nitrogens is 4. The van der Waals surface area contributed by atoms with Crippen molar-refractivity contribution in [3.63, 3.8) is 0 Å². The van der Waals surface area contributed by atoms with Crippen molar-refractivity contribution in [3.05, 3.63) is 16.7 Å². The lowest BCUT2D eigenvalue weighted by atomic mass is 10.4. The third-order valence-corrected chi connectivity index (χ3v) is 3.42. The van der Waals surface area contributed by atoms with Gasteiger partial charge >= 0.3 is 0 Å². The van der Waals surface area contributed by atoms with Gasteiger partial charge in [-0.25, -0.2) is 4.98 Å². The number of nitrogens with one attached hydrogen (secondary N) is 2. The number of ether oxygens (including phenoxy) is 3. The Kier molecular flexibility index (Phi) is 5.18. The Labute approximate surface area is 137 Å². The van der Waals surface area contributed by atoms with Crippen LogP contribution in [0.1, 0.15) is 19.8 Å². The summed E-state index contributed by atoms with van der Waals surface area (Å²) in [4.78, 5) is 33.7. The standard InChI is InChI=1S/C14H19N5O5/c1-9(20)16-14-17-12-11(13(21)18-14)15-7-19(12)8-22-5-6-24-10-3-2-4-23-10/h7,10H,2-6,8H2,1H3,(H2,16,17,18,20,21). The van der Waals surface area contributed by atoms with E-state index in [1.165, 1.54) is 13.3 Å². The van der Waals surface area contributed by atoms with Gasteiger partial charge in [-0.05, 0) is 6.42 Å². The van der Waals surface area contributed by atoms with E-state index in [2.05, 4.69) is 20.3 Å². The van der Waals surface area contributed by atoms with Gasteiger partial charge in [0.25, 0.3) is 5.56 Å². The van der Waals surface area contributed by atoms with Crippen LogP contribution in [0.5, 0.6) is 0 Å². The molecule has 1 unspecified atom stereocenters. The molecular formula is C14H19N5O5. The van der Waals surface area contributed by atoms with Crippen LogP contribution in [0.15, 0.2) is 11.1 Å². The van der Waals surface area contributed by atoms with Crippen molar-refractivity contribution in [1.82, 2.24) is 19.5 Å². The highest BCUT2D eigenvalue weighted by Crippen LogP contribution is 2.12. The number of aromatic amines is 1. The van der Waals surface area contributed by atoms with Crippen LogP contribution >= 0.6 is 0 Å². The van der Waals surface area contributed by atoms with E-state index < -0.39 is 5.56 Å². The summed E-state index contributed by atoms with van der Waals surface area (Å²) in [5, 5.41) is 2.44. The number of nitrogens with zero attached hydrogens (tertiary/aromatic N) is 3. The molecule has 0 bridgehead atoms. The summed E-state index contributed by atoms with van der Waals surface area (Å²) < 4.78 is 17.9. The molecule has 1 fully saturated rings. The first-order chi connectivity index (χ1) is 11.6. The lowest BCUT2D eigenvalue weighted by Gasteiger charge is -2.11. The summed E-state index contributed by atoms with van der Waals surface area (Å²) in [6, 6.07) is 0. The molecule has 10 heteroatoms. The number of amides is 1. The van der Waals surface area contributed by atoms with Gasteiger partial charge in [0.2, 0.25) is 11.9 Å². The van der Waals surface area contributed by atoms with Crippen LogP contribution in [0.25, 0.3) is 11.2 Å². The molecule has 0 aliphatic carbocycles. The third kappa shape index (κ3) is 3.96. The minimum absolute atomic E-state index is 0.0727. The molecule has 1 aliphatic rings. The number of imidazole rings is 1.